The van der Waals surface area contributed by atoms with E-state index in [2.05, 4.69) is 48.2 Å². The van der Waals surface area contributed by atoms with E-state index < -0.39 is 0 Å². The molecule has 0 saturated carbocycles. The number of unbranched alkanes of at least 4 members (excludes halogenated alkanes) is 13. The molecule has 0 fully saturated rings. The molecule has 1 heteroatoms. The number of aryl methyl sites for hydroxylation is 1. The highest BCUT2D eigenvalue weighted by Gasteiger charge is 2.04. The summed E-state index contributed by atoms with van der Waals surface area (Å²) in [6, 6.07) is 2.29. The molecule has 27 heavy (non-hydrogen) atoms. The number of nitrogens with zero attached hydrogens (tertiary/aromatic N) is 1. The average Bonchev–Trinajstić information content (AvgIpc) is 3.18. The lowest BCUT2D eigenvalue weighted by Gasteiger charge is -2.07. The maximum absolute atomic E-state index is 2.38. The van der Waals surface area contributed by atoms with Crippen LogP contribution in [0.4, 0.5) is 0 Å². The van der Waals surface area contributed by atoms with Crippen molar-refractivity contribution in [3.8, 4) is 0 Å². The number of rotatable bonds is 16. The average molecular weight is 370 g/mol. The fraction of sp³-hybridized carbons (Fsp3) is 0.692. The van der Waals surface area contributed by atoms with Crippen LogP contribution in [0, 0.1) is 0 Å². The van der Waals surface area contributed by atoms with Gasteiger partial charge in [0.1, 0.15) is 0 Å². The number of aromatic nitrogens is 1. The van der Waals surface area contributed by atoms with E-state index in [9.17, 15) is 0 Å². The molecule has 0 amide bonds. The van der Waals surface area contributed by atoms with E-state index >= 15 is 0 Å². The normalized spacial score (nSPS) is 13.9. The van der Waals surface area contributed by atoms with Crippen LogP contribution in [0.25, 0.3) is 5.57 Å². The lowest BCUT2D eigenvalue weighted by Crippen LogP contribution is -1.94. The van der Waals surface area contributed by atoms with Gasteiger partial charge in [0.25, 0.3) is 0 Å². The molecule has 0 radical (unpaired) electrons. The van der Waals surface area contributed by atoms with E-state index in [1.807, 2.05) is 0 Å². The quantitative estimate of drug-likeness (QED) is 0.257. The molecule has 1 aromatic heterocycles. The van der Waals surface area contributed by atoms with Crippen LogP contribution in [-0.2, 0) is 6.54 Å². The van der Waals surface area contributed by atoms with Crippen molar-refractivity contribution < 1.29 is 0 Å². The van der Waals surface area contributed by atoms with Gasteiger partial charge in [-0.3, -0.25) is 0 Å². The zero-order valence-corrected chi connectivity index (χ0v) is 17.9. The lowest BCUT2D eigenvalue weighted by molar-refractivity contribution is 0.524. The molecular weight excluding hydrogens is 326 g/mol. The van der Waals surface area contributed by atoms with Gasteiger partial charge < -0.3 is 4.57 Å². The van der Waals surface area contributed by atoms with Gasteiger partial charge in [0.2, 0.25) is 0 Å². The maximum atomic E-state index is 2.38. The molecule has 1 aliphatic carbocycles. The zero-order valence-electron chi connectivity index (χ0n) is 17.9. The van der Waals surface area contributed by atoms with E-state index in [0.717, 1.165) is 0 Å². The molecule has 0 spiro atoms. The number of hydrogen-bond donors (Lipinski definition) is 0. The van der Waals surface area contributed by atoms with Gasteiger partial charge in [-0.25, -0.2) is 0 Å². The van der Waals surface area contributed by atoms with Crippen LogP contribution in [0.2, 0.25) is 0 Å². The Labute approximate surface area is 168 Å². The first kappa shape index (κ1) is 22.1. The standard InChI is InChI=1S/C26H43N/c1-2-3-4-5-6-7-8-9-10-11-12-13-14-18-22-27-23-21-26(24-27)25-19-16-15-17-20-25/h15-16,19,21,23-24H,2-14,17-18,20,22H2,1H3. The minimum absolute atomic E-state index is 1.18. The summed E-state index contributed by atoms with van der Waals surface area (Å²) in [6.07, 6.45) is 33.8. The summed E-state index contributed by atoms with van der Waals surface area (Å²) in [7, 11) is 0. The Hall–Kier alpha value is -1.24. The van der Waals surface area contributed by atoms with E-state index in [1.54, 1.807) is 0 Å². The molecule has 0 unspecified atom stereocenters. The summed E-state index contributed by atoms with van der Waals surface area (Å²) in [6.45, 7) is 3.48. The van der Waals surface area contributed by atoms with Gasteiger partial charge in [0.15, 0.2) is 0 Å². The van der Waals surface area contributed by atoms with Crippen molar-refractivity contribution in [2.24, 2.45) is 0 Å². The molecule has 0 saturated heterocycles. The molecule has 1 heterocycles. The Morgan fingerprint density at radius 2 is 1.37 bits per heavy atom. The van der Waals surface area contributed by atoms with Gasteiger partial charge in [-0.1, -0.05) is 109 Å². The van der Waals surface area contributed by atoms with Crippen LogP contribution in [-0.4, -0.2) is 4.57 Å². The Kier molecular flexibility index (Phi) is 12.1. The molecule has 152 valence electrons. The minimum Gasteiger partial charge on any atom is -0.354 e. The Morgan fingerprint density at radius 3 is 1.93 bits per heavy atom. The van der Waals surface area contributed by atoms with Crippen LogP contribution >= 0.6 is 0 Å². The highest BCUT2D eigenvalue weighted by atomic mass is 14.9. The second-order valence-corrected chi connectivity index (χ2v) is 8.39. The first-order chi connectivity index (χ1) is 13.4. The van der Waals surface area contributed by atoms with Crippen molar-refractivity contribution in [3.63, 3.8) is 0 Å². The van der Waals surface area contributed by atoms with Gasteiger partial charge >= 0.3 is 0 Å². The molecule has 1 aliphatic rings. The topological polar surface area (TPSA) is 4.93 Å². The van der Waals surface area contributed by atoms with Gasteiger partial charge in [0.05, 0.1) is 0 Å². The number of allylic oxidation sites excluding steroid dienone is 4. The van der Waals surface area contributed by atoms with Crippen molar-refractivity contribution in [2.75, 3.05) is 0 Å². The van der Waals surface area contributed by atoms with E-state index in [1.165, 1.54) is 120 Å². The van der Waals surface area contributed by atoms with Crippen molar-refractivity contribution in [1.82, 2.24) is 4.57 Å². The minimum atomic E-state index is 1.18. The fourth-order valence-electron chi connectivity index (χ4n) is 4.10. The number of hydrogen-bond acceptors (Lipinski definition) is 0. The highest BCUT2D eigenvalue weighted by Crippen LogP contribution is 2.23. The highest BCUT2D eigenvalue weighted by molar-refractivity contribution is 5.67. The zero-order chi connectivity index (χ0) is 19.0. The molecule has 0 bridgehead atoms. The van der Waals surface area contributed by atoms with Crippen molar-refractivity contribution >= 4 is 5.57 Å². The molecular formula is C26H43N. The Balaban J connectivity index is 1.38. The molecule has 0 atom stereocenters. The van der Waals surface area contributed by atoms with E-state index in [4.69, 9.17) is 0 Å². The second kappa shape index (κ2) is 14.8. The van der Waals surface area contributed by atoms with Crippen molar-refractivity contribution in [2.45, 2.75) is 116 Å². The SMILES string of the molecule is CCCCCCCCCCCCCCCCn1ccc(C2=CC=CCC2)c1. The van der Waals surface area contributed by atoms with Gasteiger partial charge in [-0.2, -0.15) is 0 Å². The third-order valence-corrected chi connectivity index (χ3v) is 5.90. The molecule has 0 aliphatic heterocycles. The second-order valence-electron chi connectivity index (χ2n) is 8.39. The predicted molar refractivity (Wildman–Crippen MR) is 121 cm³/mol. The molecule has 0 N–H and O–H groups in total. The molecule has 2 rings (SSSR count). The summed E-state index contributed by atoms with van der Waals surface area (Å²) in [5, 5.41) is 0. The Bertz CT molecular complexity index is 534. The summed E-state index contributed by atoms with van der Waals surface area (Å²) >= 11 is 0. The van der Waals surface area contributed by atoms with E-state index in [0.29, 0.717) is 0 Å². The summed E-state index contributed by atoms with van der Waals surface area (Å²) in [4.78, 5) is 0. The smallest absolute Gasteiger partial charge is 0.0219 e. The van der Waals surface area contributed by atoms with Gasteiger partial charge in [0, 0.05) is 18.9 Å². The molecule has 1 aromatic rings. The van der Waals surface area contributed by atoms with Crippen LogP contribution in [0.5, 0.6) is 0 Å². The van der Waals surface area contributed by atoms with E-state index in [-0.39, 0.29) is 0 Å². The first-order valence-electron chi connectivity index (χ1n) is 11.9. The summed E-state index contributed by atoms with van der Waals surface area (Å²) in [5.74, 6) is 0. The fourth-order valence-corrected chi connectivity index (χ4v) is 4.10. The predicted octanol–water partition coefficient (Wildman–Crippen LogP) is 8.70. The first-order valence-corrected chi connectivity index (χ1v) is 11.9. The van der Waals surface area contributed by atoms with Crippen LogP contribution < -0.4 is 0 Å². The monoisotopic (exact) mass is 369 g/mol. The lowest BCUT2D eigenvalue weighted by atomic mass is 10.00. The third kappa shape index (κ3) is 10.0. The largest absolute Gasteiger partial charge is 0.354 e. The van der Waals surface area contributed by atoms with Crippen molar-refractivity contribution in [1.29, 1.82) is 0 Å². The van der Waals surface area contributed by atoms with Crippen LogP contribution in [0.1, 0.15) is 115 Å². The van der Waals surface area contributed by atoms with Gasteiger partial charge in [-0.15, -0.1) is 0 Å². The summed E-state index contributed by atoms with van der Waals surface area (Å²) in [5.41, 5.74) is 2.92. The summed E-state index contributed by atoms with van der Waals surface area (Å²) < 4.78 is 2.38. The van der Waals surface area contributed by atoms with Crippen molar-refractivity contribution in [3.05, 3.63) is 42.3 Å². The molecule has 1 nitrogen and oxygen atoms in total. The van der Waals surface area contributed by atoms with Crippen LogP contribution in [0.3, 0.4) is 0 Å². The Morgan fingerprint density at radius 1 is 0.778 bits per heavy atom. The van der Waals surface area contributed by atoms with Gasteiger partial charge in [-0.05, 0) is 36.5 Å². The third-order valence-electron chi connectivity index (χ3n) is 5.90. The maximum Gasteiger partial charge on any atom is 0.0219 e. The molecule has 0 aromatic carbocycles. The van der Waals surface area contributed by atoms with Crippen LogP contribution in [0.15, 0.2) is 36.7 Å².